The van der Waals surface area contributed by atoms with Gasteiger partial charge in [0.2, 0.25) is 5.91 Å². The van der Waals surface area contributed by atoms with E-state index < -0.39 is 0 Å². The monoisotopic (exact) mass is 330 g/mol. The summed E-state index contributed by atoms with van der Waals surface area (Å²) in [6.45, 7) is 7.03. The fourth-order valence-corrected chi connectivity index (χ4v) is 3.76. The number of nitrogens with zero attached hydrogens (tertiary/aromatic N) is 1. The van der Waals surface area contributed by atoms with E-state index in [1.165, 1.54) is 24.0 Å². The van der Waals surface area contributed by atoms with Crippen molar-refractivity contribution in [1.82, 2.24) is 10.2 Å². The van der Waals surface area contributed by atoms with Crippen molar-refractivity contribution in [3.8, 4) is 0 Å². The van der Waals surface area contributed by atoms with Crippen molar-refractivity contribution < 1.29 is 9.53 Å². The van der Waals surface area contributed by atoms with E-state index in [1.807, 2.05) is 0 Å². The highest BCUT2D eigenvalue weighted by Crippen LogP contribution is 2.47. The molecule has 1 aliphatic carbocycles. The summed E-state index contributed by atoms with van der Waals surface area (Å²) in [6, 6.07) is 8.57. The number of ether oxygens (including phenoxy) is 1. The van der Waals surface area contributed by atoms with Crippen LogP contribution in [0.3, 0.4) is 0 Å². The second-order valence-electron chi connectivity index (χ2n) is 7.39. The van der Waals surface area contributed by atoms with Crippen molar-refractivity contribution in [2.45, 2.75) is 32.1 Å². The Morgan fingerprint density at radius 1 is 1.33 bits per heavy atom. The Morgan fingerprint density at radius 3 is 2.83 bits per heavy atom. The predicted molar refractivity (Wildman–Crippen MR) is 96.1 cm³/mol. The normalized spacial score (nSPS) is 24.8. The minimum atomic E-state index is 0.189. The summed E-state index contributed by atoms with van der Waals surface area (Å²) in [4.78, 5) is 14.8. The first kappa shape index (κ1) is 17.4. The zero-order valence-electron chi connectivity index (χ0n) is 15.0. The number of nitrogens with one attached hydrogen (secondary N) is 1. The molecule has 24 heavy (non-hydrogen) atoms. The molecule has 1 saturated carbocycles. The molecule has 1 N–H and O–H groups in total. The summed E-state index contributed by atoms with van der Waals surface area (Å²) in [5.41, 5.74) is 2.60. The van der Waals surface area contributed by atoms with Gasteiger partial charge in [0, 0.05) is 26.1 Å². The highest BCUT2D eigenvalue weighted by Gasteiger charge is 2.43. The third-order valence-corrected chi connectivity index (χ3v) is 5.48. The molecule has 0 spiro atoms. The summed E-state index contributed by atoms with van der Waals surface area (Å²) in [5.74, 6) is 1.50. The highest BCUT2D eigenvalue weighted by atomic mass is 16.5. The predicted octanol–water partition coefficient (Wildman–Crippen LogP) is 2.57. The smallest absolute Gasteiger partial charge is 0.223 e. The van der Waals surface area contributed by atoms with E-state index >= 15 is 0 Å². The topological polar surface area (TPSA) is 41.6 Å². The number of aryl methyl sites for hydroxylation is 1. The molecule has 4 heteroatoms. The highest BCUT2D eigenvalue weighted by molar-refractivity contribution is 5.82. The van der Waals surface area contributed by atoms with Crippen LogP contribution in [0, 0.1) is 18.8 Å². The van der Waals surface area contributed by atoms with E-state index in [1.54, 1.807) is 7.11 Å². The fraction of sp³-hybridized carbons (Fsp3) is 0.650. The van der Waals surface area contributed by atoms with Gasteiger partial charge in [-0.05, 0) is 56.7 Å². The van der Waals surface area contributed by atoms with E-state index in [4.69, 9.17) is 4.74 Å². The molecule has 2 aliphatic rings. The third-order valence-electron chi connectivity index (χ3n) is 5.48. The van der Waals surface area contributed by atoms with Crippen molar-refractivity contribution in [2.24, 2.45) is 11.8 Å². The largest absolute Gasteiger partial charge is 0.383 e. The number of methoxy groups -OCH3 is 1. The van der Waals surface area contributed by atoms with Gasteiger partial charge in [-0.25, -0.2) is 0 Å². The maximum atomic E-state index is 12.4. The molecule has 132 valence electrons. The molecule has 1 amide bonds. The summed E-state index contributed by atoms with van der Waals surface area (Å²) in [7, 11) is 1.75. The van der Waals surface area contributed by atoms with Crippen molar-refractivity contribution >= 4 is 5.91 Å². The SMILES string of the molecule is COCCN1CCC(CNC(=O)[C@@H]2C[C@H]2c2cccc(C)c2)CC1. The number of hydrogen-bond acceptors (Lipinski definition) is 3. The van der Waals surface area contributed by atoms with Crippen molar-refractivity contribution in [1.29, 1.82) is 0 Å². The van der Waals surface area contributed by atoms with Gasteiger partial charge in [0.1, 0.15) is 0 Å². The van der Waals surface area contributed by atoms with E-state index in [9.17, 15) is 4.79 Å². The average molecular weight is 330 g/mol. The molecule has 1 aromatic rings. The van der Waals surface area contributed by atoms with Crippen LogP contribution < -0.4 is 5.32 Å². The van der Waals surface area contributed by atoms with Gasteiger partial charge in [0.05, 0.1) is 6.61 Å². The number of hydrogen-bond donors (Lipinski definition) is 1. The average Bonchev–Trinajstić information content (AvgIpc) is 3.39. The number of amides is 1. The minimum absolute atomic E-state index is 0.189. The molecule has 0 bridgehead atoms. The van der Waals surface area contributed by atoms with Gasteiger partial charge in [-0.1, -0.05) is 29.8 Å². The van der Waals surface area contributed by atoms with Crippen LogP contribution in [0.1, 0.15) is 36.3 Å². The van der Waals surface area contributed by atoms with Gasteiger partial charge in [-0.15, -0.1) is 0 Å². The summed E-state index contributed by atoms with van der Waals surface area (Å²) in [6.07, 6.45) is 3.36. The third kappa shape index (κ3) is 4.58. The lowest BCUT2D eigenvalue weighted by molar-refractivity contribution is -0.122. The van der Waals surface area contributed by atoms with Crippen LogP contribution in [0.4, 0.5) is 0 Å². The van der Waals surface area contributed by atoms with Gasteiger partial charge < -0.3 is 15.0 Å². The molecule has 1 aromatic carbocycles. The van der Waals surface area contributed by atoms with E-state index in [0.717, 1.165) is 39.2 Å². The fourth-order valence-electron chi connectivity index (χ4n) is 3.76. The Balaban J connectivity index is 1.37. The molecule has 4 nitrogen and oxygen atoms in total. The van der Waals surface area contributed by atoms with E-state index in [0.29, 0.717) is 11.8 Å². The molecule has 1 saturated heterocycles. The van der Waals surface area contributed by atoms with Gasteiger partial charge in [-0.3, -0.25) is 4.79 Å². The maximum absolute atomic E-state index is 12.4. The quantitative estimate of drug-likeness (QED) is 0.835. The molecule has 2 atom stereocenters. The van der Waals surface area contributed by atoms with Crippen molar-refractivity contribution in [3.05, 3.63) is 35.4 Å². The molecule has 3 rings (SSSR count). The zero-order valence-corrected chi connectivity index (χ0v) is 15.0. The van der Waals surface area contributed by atoms with Crippen molar-refractivity contribution in [2.75, 3.05) is 39.9 Å². The van der Waals surface area contributed by atoms with Crippen LogP contribution in [0.25, 0.3) is 0 Å². The van der Waals surface area contributed by atoms with Crippen LogP contribution in [0.5, 0.6) is 0 Å². The summed E-state index contributed by atoms with van der Waals surface area (Å²) in [5, 5.41) is 3.20. The summed E-state index contributed by atoms with van der Waals surface area (Å²) < 4.78 is 5.14. The molecule has 1 heterocycles. The Labute approximate surface area is 145 Å². The zero-order chi connectivity index (χ0) is 16.9. The lowest BCUT2D eigenvalue weighted by Crippen LogP contribution is -2.40. The standard InChI is InChI=1S/C20H30N2O2/c1-15-4-3-5-17(12-15)18-13-19(18)20(23)21-14-16-6-8-22(9-7-16)10-11-24-2/h3-5,12,16,18-19H,6-11,13-14H2,1-2H3,(H,21,23)/t18-,19+/m0/s1. The lowest BCUT2D eigenvalue weighted by atomic mass is 9.96. The molecule has 0 radical (unpaired) electrons. The Kier molecular flexibility index (Phi) is 5.90. The Hall–Kier alpha value is -1.39. The van der Waals surface area contributed by atoms with Crippen LogP contribution in [0.2, 0.25) is 0 Å². The molecular weight excluding hydrogens is 300 g/mol. The van der Waals surface area contributed by atoms with Crippen LogP contribution in [-0.2, 0) is 9.53 Å². The summed E-state index contributed by atoms with van der Waals surface area (Å²) >= 11 is 0. The first-order chi connectivity index (χ1) is 11.7. The number of rotatable bonds is 7. The second-order valence-corrected chi connectivity index (χ2v) is 7.39. The van der Waals surface area contributed by atoms with E-state index in [-0.39, 0.29) is 11.8 Å². The van der Waals surface area contributed by atoms with Crippen molar-refractivity contribution in [3.63, 3.8) is 0 Å². The number of benzene rings is 1. The van der Waals surface area contributed by atoms with Crippen LogP contribution >= 0.6 is 0 Å². The first-order valence-electron chi connectivity index (χ1n) is 9.23. The van der Waals surface area contributed by atoms with Gasteiger partial charge in [-0.2, -0.15) is 0 Å². The maximum Gasteiger partial charge on any atom is 0.223 e. The molecular formula is C20H30N2O2. The number of piperidine rings is 1. The lowest BCUT2D eigenvalue weighted by Gasteiger charge is -2.31. The molecule has 0 aromatic heterocycles. The minimum Gasteiger partial charge on any atom is -0.383 e. The molecule has 2 fully saturated rings. The van der Waals surface area contributed by atoms with Crippen LogP contribution in [-0.4, -0.2) is 50.7 Å². The molecule has 1 aliphatic heterocycles. The Morgan fingerprint density at radius 2 is 2.12 bits per heavy atom. The first-order valence-corrected chi connectivity index (χ1v) is 9.23. The van der Waals surface area contributed by atoms with Gasteiger partial charge >= 0.3 is 0 Å². The van der Waals surface area contributed by atoms with Crippen LogP contribution in [0.15, 0.2) is 24.3 Å². The van der Waals surface area contributed by atoms with Gasteiger partial charge in [0.15, 0.2) is 0 Å². The molecule has 0 unspecified atom stereocenters. The Bertz CT molecular complexity index is 552. The number of carbonyl (C=O) groups is 1. The second kappa shape index (κ2) is 8.13. The number of likely N-dealkylation sites (tertiary alicyclic amines) is 1. The number of carbonyl (C=O) groups excluding carboxylic acids is 1. The van der Waals surface area contributed by atoms with E-state index in [2.05, 4.69) is 41.4 Å². The van der Waals surface area contributed by atoms with Gasteiger partial charge in [0.25, 0.3) is 0 Å².